The molecule has 0 spiro atoms. The summed E-state index contributed by atoms with van der Waals surface area (Å²) in [7, 11) is 3.54. The third-order valence-electron chi connectivity index (χ3n) is 2.60. The number of ether oxygens (including phenoxy) is 1. The molecule has 0 saturated heterocycles. The molecule has 2 aromatic rings. The number of benzene rings is 1. The third kappa shape index (κ3) is 2.88. The maximum absolute atomic E-state index is 5.65. The van der Waals surface area contributed by atoms with E-state index in [-0.39, 0.29) is 0 Å². The Morgan fingerprint density at radius 2 is 1.94 bits per heavy atom. The minimum Gasteiger partial charge on any atom is -0.480 e. The number of nitrogen functional groups attached to an aromatic ring is 1. The number of hydrogen-bond donors (Lipinski definition) is 1. The highest BCUT2D eigenvalue weighted by Gasteiger charge is 2.05. The molecule has 1 aromatic carbocycles. The fourth-order valence-corrected chi connectivity index (χ4v) is 1.60. The SMILES string of the molecule is COc1cncc(N(C)Cc2ccc(N)cc2)n1. The largest absolute Gasteiger partial charge is 0.480 e. The van der Waals surface area contributed by atoms with Crippen molar-refractivity contribution < 1.29 is 4.74 Å². The molecule has 0 saturated carbocycles. The van der Waals surface area contributed by atoms with Crippen molar-refractivity contribution in [2.45, 2.75) is 6.54 Å². The van der Waals surface area contributed by atoms with Crippen molar-refractivity contribution in [3.63, 3.8) is 0 Å². The Bertz CT molecular complexity index is 513. The van der Waals surface area contributed by atoms with Gasteiger partial charge in [-0.05, 0) is 17.7 Å². The van der Waals surface area contributed by atoms with Gasteiger partial charge in [0.25, 0.3) is 0 Å². The summed E-state index contributed by atoms with van der Waals surface area (Å²) in [6.45, 7) is 0.738. The summed E-state index contributed by atoms with van der Waals surface area (Å²) in [6.07, 6.45) is 3.29. The van der Waals surface area contributed by atoms with Gasteiger partial charge in [-0.1, -0.05) is 12.1 Å². The Hall–Kier alpha value is -2.30. The average molecular weight is 244 g/mol. The van der Waals surface area contributed by atoms with Crippen LogP contribution in [0.25, 0.3) is 0 Å². The van der Waals surface area contributed by atoms with Gasteiger partial charge in [0.05, 0.1) is 19.5 Å². The van der Waals surface area contributed by atoms with E-state index in [4.69, 9.17) is 10.5 Å². The second-order valence-corrected chi connectivity index (χ2v) is 4.02. The Kier molecular flexibility index (Phi) is 3.62. The number of anilines is 2. The van der Waals surface area contributed by atoms with Gasteiger partial charge >= 0.3 is 0 Å². The number of nitrogens with zero attached hydrogens (tertiary/aromatic N) is 3. The fourth-order valence-electron chi connectivity index (χ4n) is 1.60. The predicted octanol–water partition coefficient (Wildman–Crippen LogP) is 1.70. The molecular formula is C13H16N4O. The van der Waals surface area contributed by atoms with Gasteiger partial charge in [0.1, 0.15) is 0 Å². The minimum absolute atomic E-state index is 0.511. The molecule has 0 radical (unpaired) electrons. The van der Waals surface area contributed by atoms with Crippen molar-refractivity contribution in [1.29, 1.82) is 0 Å². The molecule has 18 heavy (non-hydrogen) atoms. The molecule has 0 aliphatic carbocycles. The summed E-state index contributed by atoms with van der Waals surface area (Å²) >= 11 is 0. The second kappa shape index (κ2) is 5.35. The lowest BCUT2D eigenvalue weighted by Gasteiger charge is -2.18. The molecule has 1 aromatic heterocycles. The highest BCUT2D eigenvalue weighted by atomic mass is 16.5. The van der Waals surface area contributed by atoms with Crippen LogP contribution in [0.4, 0.5) is 11.5 Å². The zero-order valence-corrected chi connectivity index (χ0v) is 10.5. The van der Waals surface area contributed by atoms with Crippen LogP contribution in [-0.4, -0.2) is 24.1 Å². The Labute approximate surface area is 106 Å². The van der Waals surface area contributed by atoms with E-state index in [1.54, 1.807) is 19.5 Å². The Morgan fingerprint density at radius 3 is 2.61 bits per heavy atom. The Morgan fingerprint density at radius 1 is 1.22 bits per heavy atom. The van der Waals surface area contributed by atoms with E-state index < -0.39 is 0 Å². The number of hydrogen-bond acceptors (Lipinski definition) is 5. The molecule has 94 valence electrons. The summed E-state index contributed by atoms with van der Waals surface area (Å²) in [4.78, 5) is 10.4. The highest BCUT2D eigenvalue weighted by Crippen LogP contribution is 2.15. The van der Waals surface area contributed by atoms with Crippen LogP contribution in [0.3, 0.4) is 0 Å². The van der Waals surface area contributed by atoms with Crippen LogP contribution in [0.1, 0.15) is 5.56 Å². The maximum Gasteiger partial charge on any atom is 0.233 e. The zero-order valence-electron chi connectivity index (χ0n) is 10.5. The van der Waals surface area contributed by atoms with Crippen LogP contribution in [0.15, 0.2) is 36.7 Å². The predicted molar refractivity (Wildman–Crippen MR) is 71.5 cm³/mol. The van der Waals surface area contributed by atoms with Gasteiger partial charge in [-0.25, -0.2) is 0 Å². The monoisotopic (exact) mass is 244 g/mol. The van der Waals surface area contributed by atoms with Crippen molar-refractivity contribution >= 4 is 11.5 Å². The van der Waals surface area contributed by atoms with Gasteiger partial charge in [-0.3, -0.25) is 4.98 Å². The summed E-state index contributed by atoms with van der Waals surface area (Å²) in [5.74, 6) is 1.28. The van der Waals surface area contributed by atoms with Gasteiger partial charge in [0.2, 0.25) is 5.88 Å². The summed E-state index contributed by atoms with van der Waals surface area (Å²) in [5.41, 5.74) is 7.58. The number of rotatable bonds is 4. The molecule has 2 N–H and O–H groups in total. The van der Waals surface area contributed by atoms with E-state index in [1.807, 2.05) is 36.2 Å². The van der Waals surface area contributed by atoms with E-state index >= 15 is 0 Å². The molecule has 5 nitrogen and oxygen atoms in total. The zero-order chi connectivity index (χ0) is 13.0. The normalized spacial score (nSPS) is 10.1. The summed E-state index contributed by atoms with van der Waals surface area (Å²) < 4.78 is 5.05. The topological polar surface area (TPSA) is 64.3 Å². The molecule has 0 unspecified atom stereocenters. The van der Waals surface area contributed by atoms with Crippen molar-refractivity contribution in [3.8, 4) is 5.88 Å². The first-order valence-electron chi connectivity index (χ1n) is 5.60. The Balaban J connectivity index is 2.11. The number of aromatic nitrogens is 2. The quantitative estimate of drug-likeness (QED) is 0.829. The van der Waals surface area contributed by atoms with Crippen molar-refractivity contribution in [1.82, 2.24) is 9.97 Å². The lowest BCUT2D eigenvalue weighted by atomic mass is 10.2. The molecule has 2 rings (SSSR count). The van der Waals surface area contributed by atoms with Crippen LogP contribution in [0, 0.1) is 0 Å². The molecule has 0 amide bonds. The summed E-state index contributed by atoms with van der Waals surface area (Å²) in [5, 5.41) is 0. The molecule has 0 aliphatic rings. The lowest BCUT2D eigenvalue weighted by Crippen LogP contribution is -2.18. The third-order valence-corrected chi connectivity index (χ3v) is 2.60. The molecule has 0 bridgehead atoms. The van der Waals surface area contributed by atoms with E-state index in [1.165, 1.54) is 0 Å². The maximum atomic E-state index is 5.65. The summed E-state index contributed by atoms with van der Waals surface area (Å²) in [6, 6.07) is 7.78. The molecular weight excluding hydrogens is 228 g/mol. The van der Waals surface area contributed by atoms with Gasteiger partial charge in [0.15, 0.2) is 5.82 Å². The van der Waals surface area contributed by atoms with Gasteiger partial charge in [-0.15, -0.1) is 0 Å². The minimum atomic E-state index is 0.511. The van der Waals surface area contributed by atoms with Crippen LogP contribution in [0.2, 0.25) is 0 Å². The lowest BCUT2D eigenvalue weighted by molar-refractivity contribution is 0.395. The van der Waals surface area contributed by atoms with Crippen molar-refractivity contribution in [3.05, 3.63) is 42.2 Å². The molecule has 0 fully saturated rings. The van der Waals surface area contributed by atoms with E-state index in [9.17, 15) is 0 Å². The first-order valence-corrected chi connectivity index (χ1v) is 5.60. The standard InChI is InChI=1S/C13H16N4O/c1-17(9-10-3-5-11(14)6-4-10)12-7-15-8-13(16-12)18-2/h3-8H,9,14H2,1-2H3. The van der Waals surface area contributed by atoms with Crippen molar-refractivity contribution in [2.75, 3.05) is 24.8 Å². The number of nitrogens with two attached hydrogens (primary N) is 1. The van der Waals surface area contributed by atoms with E-state index in [0.29, 0.717) is 5.88 Å². The van der Waals surface area contributed by atoms with E-state index in [2.05, 4.69) is 9.97 Å². The van der Waals surface area contributed by atoms with Gasteiger partial charge in [-0.2, -0.15) is 4.98 Å². The average Bonchev–Trinajstić information content (AvgIpc) is 2.41. The van der Waals surface area contributed by atoms with Crippen LogP contribution in [-0.2, 0) is 6.54 Å². The molecule has 0 aliphatic heterocycles. The second-order valence-electron chi connectivity index (χ2n) is 4.02. The van der Waals surface area contributed by atoms with Gasteiger partial charge < -0.3 is 15.4 Å². The van der Waals surface area contributed by atoms with Gasteiger partial charge in [0, 0.05) is 19.3 Å². The van der Waals surface area contributed by atoms with E-state index in [0.717, 1.165) is 23.6 Å². The van der Waals surface area contributed by atoms with Crippen LogP contribution >= 0.6 is 0 Å². The van der Waals surface area contributed by atoms with Crippen LogP contribution < -0.4 is 15.4 Å². The molecule has 1 heterocycles. The van der Waals surface area contributed by atoms with Crippen molar-refractivity contribution in [2.24, 2.45) is 0 Å². The first kappa shape index (κ1) is 12.2. The number of methoxy groups -OCH3 is 1. The first-order chi connectivity index (χ1) is 8.69. The smallest absolute Gasteiger partial charge is 0.233 e. The molecule has 0 atom stereocenters. The molecule has 5 heteroatoms. The fraction of sp³-hybridized carbons (Fsp3) is 0.231. The highest BCUT2D eigenvalue weighted by molar-refractivity contribution is 5.42. The van der Waals surface area contributed by atoms with Crippen LogP contribution in [0.5, 0.6) is 5.88 Å².